The van der Waals surface area contributed by atoms with Crippen molar-refractivity contribution in [3.63, 3.8) is 0 Å². The van der Waals surface area contributed by atoms with Gasteiger partial charge in [-0.1, -0.05) is 17.7 Å². The summed E-state index contributed by atoms with van der Waals surface area (Å²) in [7, 11) is 1.38. The smallest absolute Gasteiger partial charge is 0.337 e. The summed E-state index contributed by atoms with van der Waals surface area (Å²) in [6, 6.07) is 11.2. The molecule has 1 heterocycles. The Morgan fingerprint density at radius 3 is 2.42 bits per heavy atom. The second-order valence-electron chi connectivity index (χ2n) is 8.18. The summed E-state index contributed by atoms with van der Waals surface area (Å²) in [5.74, 6) is -0.398. The van der Waals surface area contributed by atoms with Gasteiger partial charge in [0.05, 0.1) is 29.4 Å². The van der Waals surface area contributed by atoms with Crippen LogP contribution >= 0.6 is 11.6 Å². The van der Waals surface area contributed by atoms with E-state index in [4.69, 9.17) is 16.3 Å². The normalized spacial score (nSPS) is 17.9. The Labute approximate surface area is 189 Å². The third-order valence-corrected chi connectivity index (χ3v) is 6.19. The van der Waals surface area contributed by atoms with Crippen LogP contribution in [0.1, 0.15) is 35.3 Å². The van der Waals surface area contributed by atoms with E-state index in [2.05, 4.69) is 22.0 Å². The average Bonchev–Trinajstić information content (AvgIpc) is 2.75. The average molecular weight is 444 g/mol. The van der Waals surface area contributed by atoms with Gasteiger partial charge in [0.1, 0.15) is 0 Å². The third-order valence-electron chi connectivity index (χ3n) is 5.89. The van der Waals surface area contributed by atoms with Gasteiger partial charge in [-0.15, -0.1) is 0 Å². The highest BCUT2D eigenvalue weighted by atomic mass is 35.5. The molecule has 31 heavy (non-hydrogen) atoms. The van der Waals surface area contributed by atoms with E-state index < -0.39 is 0 Å². The van der Waals surface area contributed by atoms with Gasteiger partial charge in [0.2, 0.25) is 5.91 Å². The number of benzene rings is 2. The van der Waals surface area contributed by atoms with Crippen molar-refractivity contribution in [1.29, 1.82) is 0 Å². The quantitative estimate of drug-likeness (QED) is 0.699. The van der Waals surface area contributed by atoms with E-state index in [0.717, 1.165) is 36.4 Å². The van der Waals surface area contributed by atoms with Crippen molar-refractivity contribution < 1.29 is 14.3 Å². The molecule has 0 aromatic heterocycles. The lowest BCUT2D eigenvalue weighted by atomic mass is 10.1. The van der Waals surface area contributed by atoms with Crippen molar-refractivity contribution in [2.45, 2.75) is 39.8 Å². The molecular weight excluding hydrogens is 414 g/mol. The Morgan fingerprint density at radius 1 is 1.16 bits per heavy atom. The number of carbonyl (C=O) groups excluding carboxylic acids is 2. The van der Waals surface area contributed by atoms with Crippen LogP contribution in [-0.4, -0.2) is 55.6 Å². The number of piperazine rings is 1. The van der Waals surface area contributed by atoms with Crippen LogP contribution in [0, 0.1) is 13.8 Å². The van der Waals surface area contributed by atoms with Crippen molar-refractivity contribution in [3.05, 3.63) is 58.1 Å². The molecule has 2 aromatic rings. The minimum absolute atomic E-state index is 0.0587. The number of esters is 1. The maximum atomic E-state index is 13.0. The number of methoxy groups -OCH3 is 1. The van der Waals surface area contributed by atoms with Gasteiger partial charge < -0.3 is 15.0 Å². The van der Waals surface area contributed by atoms with Gasteiger partial charge in [-0.25, -0.2) is 4.79 Å². The number of rotatable bonds is 5. The Kier molecular flexibility index (Phi) is 7.23. The van der Waals surface area contributed by atoms with Gasteiger partial charge in [0.25, 0.3) is 0 Å². The lowest BCUT2D eigenvalue weighted by Gasteiger charge is -2.43. The number of hydrogen-bond donors (Lipinski definition) is 1. The summed E-state index contributed by atoms with van der Waals surface area (Å²) in [4.78, 5) is 29.1. The Balaban J connectivity index is 1.64. The van der Waals surface area contributed by atoms with Crippen LogP contribution < -0.4 is 10.2 Å². The first-order valence-corrected chi connectivity index (χ1v) is 10.9. The van der Waals surface area contributed by atoms with Crippen LogP contribution in [0.4, 0.5) is 11.4 Å². The molecule has 3 rings (SSSR count). The predicted octanol–water partition coefficient (Wildman–Crippen LogP) is 4.28. The fourth-order valence-corrected chi connectivity index (χ4v) is 4.53. The number of halogens is 1. The van der Waals surface area contributed by atoms with Crippen LogP contribution in [0.5, 0.6) is 0 Å². The highest BCUT2D eigenvalue weighted by Crippen LogP contribution is 2.28. The minimum atomic E-state index is -0.339. The lowest BCUT2D eigenvalue weighted by molar-refractivity contribution is -0.121. The van der Waals surface area contributed by atoms with E-state index in [1.165, 1.54) is 7.11 Å². The topological polar surface area (TPSA) is 61.9 Å². The number of amides is 1. The second-order valence-corrected chi connectivity index (χ2v) is 8.58. The molecule has 1 aliphatic heterocycles. The van der Waals surface area contributed by atoms with Gasteiger partial charge >= 0.3 is 5.97 Å². The standard InChI is InChI=1S/C24H30ClN3O3/c1-15-12-16(2)22(21(25)13-15)26-23(29)18(4)28-11-10-27(14-17(28)3)20-8-6-19(7-9-20)24(30)31-5/h6-9,12-13,17-18H,10-11,14H2,1-5H3,(H,26,29). The highest BCUT2D eigenvalue weighted by Gasteiger charge is 2.31. The fourth-order valence-electron chi connectivity index (χ4n) is 4.16. The number of ether oxygens (including phenoxy) is 1. The molecule has 0 spiro atoms. The summed E-state index contributed by atoms with van der Waals surface area (Å²) in [5, 5.41) is 3.58. The van der Waals surface area contributed by atoms with Crippen LogP contribution in [-0.2, 0) is 9.53 Å². The van der Waals surface area contributed by atoms with Gasteiger partial charge in [-0.05, 0) is 69.2 Å². The monoisotopic (exact) mass is 443 g/mol. The number of carbonyl (C=O) groups is 2. The summed E-state index contributed by atoms with van der Waals surface area (Å²) in [6.45, 7) is 10.3. The Bertz CT molecular complexity index is 938. The lowest BCUT2D eigenvalue weighted by Crippen LogP contribution is -2.57. The van der Waals surface area contributed by atoms with Crippen molar-refractivity contribution >= 4 is 34.9 Å². The van der Waals surface area contributed by atoms with E-state index in [1.807, 2.05) is 45.0 Å². The summed E-state index contributed by atoms with van der Waals surface area (Å²) >= 11 is 6.36. The van der Waals surface area contributed by atoms with E-state index in [-0.39, 0.29) is 24.0 Å². The van der Waals surface area contributed by atoms with Crippen molar-refractivity contribution in [3.8, 4) is 0 Å². The van der Waals surface area contributed by atoms with Crippen molar-refractivity contribution in [1.82, 2.24) is 4.90 Å². The maximum Gasteiger partial charge on any atom is 0.337 e. The molecule has 1 amide bonds. The van der Waals surface area contributed by atoms with E-state index in [1.54, 1.807) is 12.1 Å². The molecule has 6 nitrogen and oxygen atoms in total. The molecule has 1 fully saturated rings. The van der Waals surface area contributed by atoms with Gasteiger partial charge in [0.15, 0.2) is 0 Å². The number of nitrogens with one attached hydrogen (secondary N) is 1. The summed E-state index contributed by atoms with van der Waals surface area (Å²) < 4.78 is 4.76. The largest absolute Gasteiger partial charge is 0.465 e. The molecule has 7 heteroatoms. The van der Waals surface area contributed by atoms with E-state index >= 15 is 0 Å². The van der Waals surface area contributed by atoms with E-state index in [9.17, 15) is 9.59 Å². The van der Waals surface area contributed by atoms with Gasteiger partial charge in [-0.2, -0.15) is 0 Å². The molecule has 1 saturated heterocycles. The molecule has 166 valence electrons. The molecular formula is C24H30ClN3O3. The predicted molar refractivity (Wildman–Crippen MR) is 125 cm³/mol. The first-order chi connectivity index (χ1) is 14.7. The number of aryl methyl sites for hydroxylation is 2. The molecule has 2 aromatic carbocycles. The molecule has 2 unspecified atom stereocenters. The third kappa shape index (κ3) is 5.20. The number of nitrogens with zero attached hydrogens (tertiary/aromatic N) is 2. The molecule has 0 aliphatic carbocycles. The molecule has 0 radical (unpaired) electrons. The SMILES string of the molecule is COC(=O)c1ccc(N2CCN(C(C)C(=O)Nc3c(C)cc(C)cc3Cl)C(C)C2)cc1. The molecule has 2 atom stereocenters. The van der Waals surface area contributed by atoms with Crippen molar-refractivity contribution in [2.75, 3.05) is 37.0 Å². The molecule has 0 saturated carbocycles. The Hall–Kier alpha value is -2.57. The van der Waals surface area contributed by atoms with Crippen LogP contribution in [0.15, 0.2) is 36.4 Å². The second kappa shape index (κ2) is 9.71. The minimum Gasteiger partial charge on any atom is -0.465 e. The Morgan fingerprint density at radius 2 is 1.84 bits per heavy atom. The summed E-state index contributed by atoms with van der Waals surface area (Å²) in [5.41, 5.74) is 4.30. The molecule has 1 aliphatic rings. The van der Waals surface area contributed by atoms with Crippen LogP contribution in [0.3, 0.4) is 0 Å². The number of hydrogen-bond acceptors (Lipinski definition) is 5. The number of anilines is 2. The van der Waals surface area contributed by atoms with E-state index in [0.29, 0.717) is 16.3 Å². The molecule has 1 N–H and O–H groups in total. The van der Waals surface area contributed by atoms with Crippen LogP contribution in [0.2, 0.25) is 5.02 Å². The fraction of sp³-hybridized carbons (Fsp3) is 0.417. The zero-order chi connectivity index (χ0) is 22.7. The first kappa shape index (κ1) is 23.1. The zero-order valence-corrected chi connectivity index (χ0v) is 19.5. The molecule has 0 bridgehead atoms. The van der Waals surface area contributed by atoms with Gasteiger partial charge in [-0.3, -0.25) is 9.69 Å². The maximum absolute atomic E-state index is 13.0. The highest BCUT2D eigenvalue weighted by molar-refractivity contribution is 6.34. The van der Waals surface area contributed by atoms with Crippen LogP contribution in [0.25, 0.3) is 0 Å². The van der Waals surface area contributed by atoms with Crippen molar-refractivity contribution in [2.24, 2.45) is 0 Å². The van der Waals surface area contributed by atoms with Gasteiger partial charge in [0, 0.05) is 31.4 Å². The first-order valence-electron chi connectivity index (χ1n) is 10.5. The zero-order valence-electron chi connectivity index (χ0n) is 18.7. The summed E-state index contributed by atoms with van der Waals surface area (Å²) in [6.07, 6.45) is 0.